The van der Waals surface area contributed by atoms with E-state index in [1.807, 2.05) is 0 Å². The van der Waals surface area contributed by atoms with Crippen LogP contribution < -0.4 is 5.32 Å². The van der Waals surface area contributed by atoms with Gasteiger partial charge in [0, 0.05) is 16.2 Å². The molecule has 8 heteroatoms. The van der Waals surface area contributed by atoms with E-state index in [0.29, 0.717) is 0 Å². The quantitative estimate of drug-likeness (QED) is 0.856. The number of halogens is 2. The summed E-state index contributed by atoms with van der Waals surface area (Å²) in [7, 11) is 1.09. The van der Waals surface area contributed by atoms with Gasteiger partial charge in [0.15, 0.2) is 0 Å². The fraction of sp³-hybridized carbons (Fsp3) is 0.462. The molecule has 2 aliphatic heterocycles. The van der Waals surface area contributed by atoms with Crippen molar-refractivity contribution >= 4 is 25.6 Å². The molecule has 0 saturated carbocycles. The van der Waals surface area contributed by atoms with E-state index >= 15 is 0 Å². The highest BCUT2D eigenvalue weighted by molar-refractivity contribution is 8.13. The third-order valence-electron chi connectivity index (χ3n) is 3.84. The minimum Gasteiger partial charge on any atom is -0.373 e. The molecule has 0 aliphatic carbocycles. The van der Waals surface area contributed by atoms with E-state index in [2.05, 4.69) is 5.32 Å². The Morgan fingerprint density at radius 1 is 1.33 bits per heavy atom. The fourth-order valence-electron chi connectivity index (χ4n) is 2.88. The van der Waals surface area contributed by atoms with E-state index in [0.717, 1.165) is 37.5 Å². The molecule has 3 unspecified atom stereocenters. The Morgan fingerprint density at radius 2 is 2.10 bits per heavy atom. The minimum atomic E-state index is -4.09. The normalized spacial score (nSPS) is 27.8. The van der Waals surface area contributed by atoms with Crippen molar-refractivity contribution in [3.8, 4) is 0 Å². The minimum absolute atomic E-state index is 0.0104. The average Bonchev–Trinajstić information content (AvgIpc) is 2.99. The second kappa shape index (κ2) is 5.23. The molecule has 2 saturated heterocycles. The van der Waals surface area contributed by atoms with E-state index in [-0.39, 0.29) is 23.8 Å². The van der Waals surface area contributed by atoms with Gasteiger partial charge in [0.1, 0.15) is 5.82 Å². The van der Waals surface area contributed by atoms with Gasteiger partial charge in [0.05, 0.1) is 23.1 Å². The zero-order valence-corrected chi connectivity index (χ0v) is 12.5. The standard InChI is InChI=1S/C13H13ClFNO4S/c14-21(18,19)10-4-7(3-8(15)5-10)13(17)16-11-6-9-1-2-12(11)20-9/h3-5,9,11-12H,1-2,6H2,(H,16,17). The molecule has 0 aromatic heterocycles. The molecule has 1 N–H and O–H groups in total. The van der Waals surface area contributed by atoms with Gasteiger partial charge in [-0.2, -0.15) is 0 Å². The number of nitrogens with one attached hydrogen (secondary N) is 1. The molecule has 5 nitrogen and oxygen atoms in total. The second-order valence-corrected chi connectivity index (χ2v) is 7.87. The van der Waals surface area contributed by atoms with Crippen molar-refractivity contribution in [2.24, 2.45) is 0 Å². The van der Waals surface area contributed by atoms with Gasteiger partial charge in [0.2, 0.25) is 0 Å². The van der Waals surface area contributed by atoms with Crippen LogP contribution in [0.25, 0.3) is 0 Å². The summed E-state index contributed by atoms with van der Waals surface area (Å²) in [6, 6.07) is 2.71. The summed E-state index contributed by atoms with van der Waals surface area (Å²) >= 11 is 0. The third-order valence-corrected chi connectivity index (χ3v) is 5.17. The summed E-state index contributed by atoms with van der Waals surface area (Å²) in [6.07, 6.45) is 2.77. The van der Waals surface area contributed by atoms with Crippen LogP contribution in [0.5, 0.6) is 0 Å². The summed E-state index contributed by atoms with van der Waals surface area (Å²) in [5, 5.41) is 2.76. The van der Waals surface area contributed by atoms with Crippen LogP contribution in [-0.2, 0) is 13.8 Å². The Kier molecular flexibility index (Phi) is 3.67. The topological polar surface area (TPSA) is 72.5 Å². The molecule has 3 atom stereocenters. The lowest BCUT2D eigenvalue weighted by molar-refractivity contribution is 0.0840. The number of hydrogen-bond donors (Lipinski definition) is 1. The number of rotatable bonds is 3. The first kappa shape index (κ1) is 14.7. The number of fused-ring (bicyclic) bond motifs is 2. The van der Waals surface area contributed by atoms with Crippen LogP contribution >= 0.6 is 10.7 Å². The van der Waals surface area contributed by atoms with Crippen LogP contribution in [0.1, 0.15) is 29.6 Å². The first-order chi connectivity index (χ1) is 9.83. The summed E-state index contributed by atoms with van der Waals surface area (Å²) in [4.78, 5) is 11.7. The van der Waals surface area contributed by atoms with E-state index in [1.54, 1.807) is 0 Å². The maximum atomic E-state index is 13.5. The molecule has 2 bridgehead atoms. The van der Waals surface area contributed by atoms with Gasteiger partial charge in [-0.25, -0.2) is 12.8 Å². The molecule has 1 amide bonds. The zero-order valence-electron chi connectivity index (χ0n) is 10.9. The third kappa shape index (κ3) is 3.04. The maximum Gasteiger partial charge on any atom is 0.261 e. The molecule has 2 fully saturated rings. The Bertz CT molecular complexity index is 693. The average molecular weight is 334 g/mol. The lowest BCUT2D eigenvalue weighted by Gasteiger charge is -2.20. The van der Waals surface area contributed by atoms with Gasteiger partial charge in [-0.15, -0.1) is 0 Å². The smallest absolute Gasteiger partial charge is 0.261 e. The van der Waals surface area contributed by atoms with Crippen molar-refractivity contribution in [3.05, 3.63) is 29.6 Å². The van der Waals surface area contributed by atoms with Gasteiger partial charge in [-0.05, 0) is 37.5 Å². The predicted octanol–water partition coefficient (Wildman–Crippen LogP) is 1.80. The molecule has 3 rings (SSSR count). The largest absolute Gasteiger partial charge is 0.373 e. The lowest BCUT2D eigenvalue weighted by atomic mass is 9.95. The van der Waals surface area contributed by atoms with Crippen molar-refractivity contribution in [3.63, 3.8) is 0 Å². The lowest BCUT2D eigenvalue weighted by Crippen LogP contribution is -2.41. The summed E-state index contributed by atoms with van der Waals surface area (Å²) in [5.41, 5.74) is -0.0722. The van der Waals surface area contributed by atoms with Crippen LogP contribution in [0.15, 0.2) is 23.1 Å². The van der Waals surface area contributed by atoms with E-state index in [9.17, 15) is 17.6 Å². The molecule has 0 radical (unpaired) electrons. The molecular weight excluding hydrogens is 321 g/mol. The Morgan fingerprint density at radius 3 is 2.67 bits per heavy atom. The van der Waals surface area contributed by atoms with Crippen molar-refractivity contribution in [1.29, 1.82) is 0 Å². The maximum absolute atomic E-state index is 13.5. The van der Waals surface area contributed by atoms with Crippen LogP contribution in [0, 0.1) is 5.82 Å². The van der Waals surface area contributed by atoms with Crippen molar-refractivity contribution in [1.82, 2.24) is 5.32 Å². The first-order valence-corrected chi connectivity index (χ1v) is 8.85. The molecule has 2 aliphatic rings. The van der Waals surface area contributed by atoms with Crippen molar-refractivity contribution in [2.75, 3.05) is 0 Å². The van der Waals surface area contributed by atoms with Crippen LogP contribution in [-0.4, -0.2) is 32.6 Å². The number of benzene rings is 1. The molecule has 21 heavy (non-hydrogen) atoms. The van der Waals surface area contributed by atoms with Gasteiger partial charge < -0.3 is 10.1 Å². The molecule has 1 aromatic carbocycles. The molecular formula is C13H13ClFNO4S. The van der Waals surface area contributed by atoms with Gasteiger partial charge in [-0.1, -0.05) is 0 Å². The number of ether oxygens (including phenoxy) is 1. The van der Waals surface area contributed by atoms with Crippen molar-refractivity contribution in [2.45, 2.75) is 42.4 Å². The van der Waals surface area contributed by atoms with Crippen LogP contribution in [0.4, 0.5) is 4.39 Å². The first-order valence-electron chi connectivity index (χ1n) is 6.54. The predicted molar refractivity (Wildman–Crippen MR) is 73.2 cm³/mol. The van der Waals surface area contributed by atoms with Gasteiger partial charge in [0.25, 0.3) is 15.0 Å². The van der Waals surface area contributed by atoms with Gasteiger partial charge in [-0.3, -0.25) is 4.79 Å². The monoisotopic (exact) mass is 333 g/mol. The van der Waals surface area contributed by atoms with E-state index in [1.165, 1.54) is 0 Å². The Hall–Kier alpha value is -1.18. The highest BCUT2D eigenvalue weighted by Gasteiger charge is 2.41. The molecule has 1 aromatic rings. The fourth-order valence-corrected chi connectivity index (χ4v) is 3.66. The summed E-state index contributed by atoms with van der Waals surface area (Å²) < 4.78 is 41.6. The zero-order chi connectivity index (χ0) is 15.2. The SMILES string of the molecule is O=C(NC1CC2CCC1O2)c1cc(F)cc(S(=O)(=O)Cl)c1. The van der Waals surface area contributed by atoms with E-state index < -0.39 is 25.7 Å². The number of amides is 1. The molecule has 2 heterocycles. The Labute approximate surface area is 125 Å². The number of carbonyl (C=O) groups excluding carboxylic acids is 1. The number of hydrogen-bond acceptors (Lipinski definition) is 4. The van der Waals surface area contributed by atoms with Gasteiger partial charge >= 0.3 is 0 Å². The number of carbonyl (C=O) groups is 1. The van der Waals surface area contributed by atoms with Crippen molar-refractivity contribution < 1.29 is 22.3 Å². The molecule has 0 spiro atoms. The van der Waals surface area contributed by atoms with E-state index in [4.69, 9.17) is 15.4 Å². The highest BCUT2D eigenvalue weighted by Crippen LogP contribution is 2.34. The Balaban J connectivity index is 1.80. The summed E-state index contributed by atoms with van der Waals surface area (Å²) in [5.74, 6) is -1.36. The molecule has 114 valence electrons. The highest BCUT2D eigenvalue weighted by atomic mass is 35.7. The second-order valence-electron chi connectivity index (χ2n) is 5.30. The summed E-state index contributed by atoms with van der Waals surface area (Å²) in [6.45, 7) is 0. The van der Waals surface area contributed by atoms with Crippen LogP contribution in [0.2, 0.25) is 0 Å². The van der Waals surface area contributed by atoms with Crippen LogP contribution in [0.3, 0.4) is 0 Å².